The lowest BCUT2D eigenvalue weighted by Crippen LogP contribution is -2.10. The molecular formula is C20H17FN8. The van der Waals surface area contributed by atoms with Crippen molar-refractivity contribution >= 4 is 27.9 Å². The van der Waals surface area contributed by atoms with Gasteiger partial charge in [0, 0.05) is 24.0 Å². The van der Waals surface area contributed by atoms with E-state index < -0.39 is 0 Å². The molecule has 5 N–H and O–H groups in total. The highest BCUT2D eigenvalue weighted by atomic mass is 19.1. The van der Waals surface area contributed by atoms with E-state index in [-0.39, 0.29) is 11.7 Å². The topological polar surface area (TPSA) is 125 Å². The average molecular weight is 388 g/mol. The maximum atomic E-state index is 14.2. The van der Waals surface area contributed by atoms with E-state index in [1.165, 1.54) is 12.1 Å². The lowest BCUT2D eigenvalue weighted by Gasteiger charge is -2.05. The van der Waals surface area contributed by atoms with Gasteiger partial charge >= 0.3 is 0 Å². The van der Waals surface area contributed by atoms with Crippen molar-refractivity contribution in [2.45, 2.75) is 13.3 Å². The molecule has 0 aliphatic rings. The lowest BCUT2D eigenvalue weighted by atomic mass is 10.2. The van der Waals surface area contributed by atoms with Crippen molar-refractivity contribution in [2.75, 3.05) is 0 Å². The number of amidine groups is 1. The number of hydrogen-bond acceptors (Lipinski definition) is 4. The summed E-state index contributed by atoms with van der Waals surface area (Å²) in [6, 6.07) is 8.27. The third-order valence-corrected chi connectivity index (χ3v) is 4.84. The number of nitrogen functional groups attached to an aromatic ring is 1. The largest absolute Gasteiger partial charge is 0.384 e. The van der Waals surface area contributed by atoms with Crippen molar-refractivity contribution in [2.24, 2.45) is 5.73 Å². The molecule has 8 nitrogen and oxygen atoms in total. The monoisotopic (exact) mass is 388 g/mol. The Bertz CT molecular complexity index is 1390. The van der Waals surface area contributed by atoms with Crippen molar-refractivity contribution < 1.29 is 4.39 Å². The third kappa shape index (κ3) is 2.92. The molecule has 0 bridgehead atoms. The number of nitrogens with zero attached hydrogens (tertiary/aromatic N) is 4. The SMILES string of the molecule is Cc1nccn1-c1cc(F)cc2[nH]c(Cc3nc4cc(C(=N)N)ccc4[nH]3)nc12. The highest BCUT2D eigenvalue weighted by molar-refractivity contribution is 5.97. The van der Waals surface area contributed by atoms with E-state index in [0.717, 1.165) is 16.9 Å². The zero-order valence-electron chi connectivity index (χ0n) is 15.5. The molecular weight excluding hydrogens is 371 g/mol. The van der Waals surface area contributed by atoms with Gasteiger partial charge in [0.05, 0.1) is 28.7 Å². The molecule has 0 spiro atoms. The van der Waals surface area contributed by atoms with Crippen LogP contribution in [0.15, 0.2) is 42.7 Å². The van der Waals surface area contributed by atoms with Gasteiger partial charge in [-0.3, -0.25) is 5.41 Å². The first kappa shape index (κ1) is 17.1. The first-order chi connectivity index (χ1) is 14.0. The molecule has 0 atom stereocenters. The second kappa shape index (κ2) is 6.26. The van der Waals surface area contributed by atoms with Crippen molar-refractivity contribution in [1.29, 1.82) is 5.41 Å². The maximum absolute atomic E-state index is 14.2. The normalized spacial score (nSPS) is 11.5. The molecule has 0 unspecified atom stereocenters. The molecule has 5 aromatic rings. The highest BCUT2D eigenvalue weighted by Crippen LogP contribution is 2.24. The van der Waals surface area contributed by atoms with Crippen molar-refractivity contribution in [3.8, 4) is 5.69 Å². The van der Waals surface area contributed by atoms with Crippen LogP contribution in [-0.2, 0) is 6.42 Å². The van der Waals surface area contributed by atoms with Crippen LogP contribution in [0, 0.1) is 18.2 Å². The number of H-pyrrole nitrogens is 2. The van der Waals surface area contributed by atoms with Crippen molar-refractivity contribution in [1.82, 2.24) is 29.5 Å². The maximum Gasteiger partial charge on any atom is 0.127 e. The Labute approximate surface area is 164 Å². The minimum absolute atomic E-state index is 0.00177. The quantitative estimate of drug-likeness (QED) is 0.279. The number of fused-ring (bicyclic) bond motifs is 2. The van der Waals surface area contributed by atoms with Crippen molar-refractivity contribution in [3.05, 3.63) is 71.6 Å². The van der Waals surface area contributed by atoms with Crippen LogP contribution >= 0.6 is 0 Å². The number of rotatable bonds is 4. The molecule has 144 valence electrons. The number of hydrogen-bond donors (Lipinski definition) is 4. The Balaban J connectivity index is 1.55. The average Bonchev–Trinajstić information content (AvgIpc) is 3.37. The number of aryl methyl sites for hydroxylation is 1. The van der Waals surface area contributed by atoms with Crippen LogP contribution in [0.25, 0.3) is 27.8 Å². The number of nitrogens with two attached hydrogens (primary N) is 1. The van der Waals surface area contributed by atoms with Crippen LogP contribution in [0.2, 0.25) is 0 Å². The second-order valence-electron chi connectivity index (χ2n) is 6.85. The van der Waals surface area contributed by atoms with Gasteiger partial charge in [-0.2, -0.15) is 0 Å². The summed E-state index contributed by atoms with van der Waals surface area (Å²) >= 11 is 0. The van der Waals surface area contributed by atoms with E-state index >= 15 is 0 Å². The fourth-order valence-corrected chi connectivity index (χ4v) is 3.48. The lowest BCUT2D eigenvalue weighted by molar-refractivity contribution is 0.628. The van der Waals surface area contributed by atoms with Gasteiger partial charge in [-0.1, -0.05) is 0 Å². The minimum Gasteiger partial charge on any atom is -0.384 e. The van der Waals surface area contributed by atoms with Crippen LogP contribution in [0.5, 0.6) is 0 Å². The Kier molecular flexibility index (Phi) is 3.70. The van der Waals surface area contributed by atoms with Gasteiger partial charge in [0.2, 0.25) is 0 Å². The van der Waals surface area contributed by atoms with Crippen LogP contribution in [0.4, 0.5) is 4.39 Å². The minimum atomic E-state index is -0.351. The molecule has 0 aliphatic carbocycles. The smallest absolute Gasteiger partial charge is 0.127 e. The Hall–Kier alpha value is -4.01. The standard InChI is InChI=1S/C20H17FN8/c1-10-24-4-5-29(10)16-8-12(21)7-15-19(16)28-18(27-15)9-17-25-13-3-2-11(20(22)23)6-14(13)26-17/h2-8H,9H2,1H3,(H3,22,23)(H,25,26)(H,27,28). The number of imidazole rings is 3. The summed E-state index contributed by atoms with van der Waals surface area (Å²) in [6.07, 6.45) is 3.87. The Morgan fingerprint density at radius 2 is 1.93 bits per heavy atom. The van der Waals surface area contributed by atoms with Crippen LogP contribution < -0.4 is 5.73 Å². The number of halogens is 1. The predicted molar refractivity (Wildman–Crippen MR) is 108 cm³/mol. The van der Waals surface area contributed by atoms with E-state index in [1.807, 2.05) is 13.0 Å². The molecule has 0 fully saturated rings. The van der Waals surface area contributed by atoms with E-state index in [9.17, 15) is 4.39 Å². The van der Waals surface area contributed by atoms with Crippen LogP contribution in [0.3, 0.4) is 0 Å². The molecule has 2 aromatic carbocycles. The second-order valence-corrected chi connectivity index (χ2v) is 6.85. The van der Waals surface area contributed by atoms with E-state index in [1.54, 1.807) is 29.1 Å². The first-order valence-electron chi connectivity index (χ1n) is 8.99. The molecule has 0 amide bonds. The molecule has 0 saturated heterocycles. The van der Waals surface area contributed by atoms with Gasteiger partial charge in [-0.15, -0.1) is 0 Å². The molecule has 9 heteroatoms. The number of aromatic amines is 2. The summed E-state index contributed by atoms with van der Waals surface area (Å²) in [6.45, 7) is 1.86. The molecule has 3 heterocycles. The zero-order chi connectivity index (χ0) is 20.1. The number of nitrogens with one attached hydrogen (secondary N) is 3. The fraction of sp³-hybridized carbons (Fsp3) is 0.100. The third-order valence-electron chi connectivity index (χ3n) is 4.84. The van der Waals surface area contributed by atoms with Crippen LogP contribution in [0.1, 0.15) is 23.0 Å². The van der Waals surface area contributed by atoms with E-state index in [0.29, 0.717) is 40.4 Å². The highest BCUT2D eigenvalue weighted by Gasteiger charge is 2.14. The summed E-state index contributed by atoms with van der Waals surface area (Å²) in [7, 11) is 0. The zero-order valence-corrected chi connectivity index (χ0v) is 15.5. The van der Waals surface area contributed by atoms with Gasteiger partial charge < -0.3 is 20.3 Å². The molecule has 0 radical (unpaired) electrons. The summed E-state index contributed by atoms with van der Waals surface area (Å²) in [5.74, 6) is 1.77. The van der Waals surface area contributed by atoms with Gasteiger partial charge in [0.1, 0.15) is 34.6 Å². The van der Waals surface area contributed by atoms with E-state index in [4.69, 9.17) is 11.1 Å². The van der Waals surface area contributed by atoms with Gasteiger partial charge in [-0.25, -0.2) is 19.3 Å². The molecule has 0 saturated carbocycles. The van der Waals surface area contributed by atoms with E-state index in [2.05, 4.69) is 24.9 Å². The van der Waals surface area contributed by atoms with Gasteiger partial charge in [-0.05, 0) is 31.2 Å². The Morgan fingerprint density at radius 1 is 1.14 bits per heavy atom. The molecule has 3 aromatic heterocycles. The molecule has 5 rings (SSSR count). The Morgan fingerprint density at radius 3 is 2.69 bits per heavy atom. The summed E-state index contributed by atoms with van der Waals surface area (Å²) in [5, 5.41) is 7.56. The van der Waals surface area contributed by atoms with Gasteiger partial charge in [0.25, 0.3) is 0 Å². The van der Waals surface area contributed by atoms with Crippen molar-refractivity contribution in [3.63, 3.8) is 0 Å². The first-order valence-corrected chi connectivity index (χ1v) is 8.99. The molecule has 0 aliphatic heterocycles. The number of aromatic nitrogens is 6. The van der Waals surface area contributed by atoms with Crippen LogP contribution in [-0.4, -0.2) is 35.3 Å². The van der Waals surface area contributed by atoms with Gasteiger partial charge in [0.15, 0.2) is 0 Å². The predicted octanol–water partition coefficient (Wildman–Crippen LogP) is 2.95. The molecule has 29 heavy (non-hydrogen) atoms. The summed E-state index contributed by atoms with van der Waals surface area (Å²) in [4.78, 5) is 19.9. The summed E-state index contributed by atoms with van der Waals surface area (Å²) in [5.41, 5.74) is 9.65. The summed E-state index contributed by atoms with van der Waals surface area (Å²) < 4.78 is 16.0. The fourth-order valence-electron chi connectivity index (χ4n) is 3.48. The number of benzene rings is 2.